The molecule has 0 spiro atoms. The van der Waals surface area contributed by atoms with E-state index in [0.717, 1.165) is 18.3 Å². The Labute approximate surface area is 93.3 Å². The van der Waals surface area contributed by atoms with Crippen molar-refractivity contribution in [3.05, 3.63) is 0 Å². The van der Waals surface area contributed by atoms with Crippen molar-refractivity contribution < 1.29 is 5.11 Å². The molecule has 3 aliphatic rings. The lowest BCUT2D eigenvalue weighted by atomic mass is 9.52. The van der Waals surface area contributed by atoms with Gasteiger partial charge in [0.2, 0.25) is 0 Å². The normalized spacial score (nSPS) is 54.8. The van der Waals surface area contributed by atoms with Crippen molar-refractivity contribution in [1.82, 2.24) is 0 Å². The van der Waals surface area contributed by atoms with Crippen LogP contribution in [0.5, 0.6) is 0 Å². The van der Waals surface area contributed by atoms with Crippen LogP contribution in [0.2, 0.25) is 0 Å². The molecule has 86 valence electrons. The van der Waals surface area contributed by atoms with E-state index in [1.165, 1.54) is 44.9 Å². The smallest absolute Gasteiger partial charge is 0.0706 e. The quantitative estimate of drug-likeness (QED) is 0.647. The Morgan fingerprint density at radius 3 is 2.80 bits per heavy atom. The predicted octanol–water partition coefficient (Wildman–Crippen LogP) is 3.36. The fourth-order valence-electron chi connectivity index (χ4n) is 4.92. The predicted molar refractivity (Wildman–Crippen MR) is 61.5 cm³/mol. The van der Waals surface area contributed by atoms with Gasteiger partial charge in [0.25, 0.3) is 0 Å². The van der Waals surface area contributed by atoms with Crippen molar-refractivity contribution >= 4 is 0 Å². The highest BCUT2D eigenvalue weighted by molar-refractivity contribution is 5.04. The third-order valence-electron chi connectivity index (χ3n) is 5.78. The number of hydrogen-bond donors (Lipinski definition) is 1. The highest BCUT2D eigenvalue weighted by atomic mass is 16.3. The van der Waals surface area contributed by atoms with Gasteiger partial charge in [0.05, 0.1) is 5.60 Å². The van der Waals surface area contributed by atoms with Gasteiger partial charge in [-0.05, 0) is 49.4 Å². The van der Waals surface area contributed by atoms with E-state index in [1.807, 2.05) is 0 Å². The summed E-state index contributed by atoms with van der Waals surface area (Å²) < 4.78 is 0. The molecule has 0 aliphatic heterocycles. The fourth-order valence-corrected chi connectivity index (χ4v) is 4.92. The summed E-state index contributed by atoms with van der Waals surface area (Å²) in [5, 5.41) is 11.0. The molecule has 0 aromatic carbocycles. The molecule has 1 heteroatoms. The van der Waals surface area contributed by atoms with Crippen LogP contribution < -0.4 is 0 Å². The van der Waals surface area contributed by atoms with E-state index < -0.39 is 0 Å². The van der Waals surface area contributed by atoms with Crippen LogP contribution >= 0.6 is 0 Å². The summed E-state index contributed by atoms with van der Waals surface area (Å²) in [5.74, 6) is 3.01. The van der Waals surface area contributed by atoms with Crippen LogP contribution in [0.25, 0.3) is 0 Å². The highest BCUT2D eigenvalue weighted by Gasteiger charge is 2.53. The molecule has 3 saturated carbocycles. The molecule has 0 amide bonds. The third-order valence-corrected chi connectivity index (χ3v) is 5.78. The average Bonchev–Trinajstić information content (AvgIpc) is 2.28. The average molecular weight is 208 g/mol. The maximum absolute atomic E-state index is 11.0. The first-order valence-corrected chi connectivity index (χ1v) is 6.94. The number of aliphatic hydroxyl groups is 1. The maximum Gasteiger partial charge on any atom is 0.0706 e. The Kier molecular flexibility index (Phi) is 2.35. The van der Waals surface area contributed by atoms with Gasteiger partial charge in [-0.3, -0.25) is 0 Å². The van der Waals surface area contributed by atoms with E-state index in [9.17, 15) is 5.11 Å². The highest BCUT2D eigenvalue weighted by Crippen LogP contribution is 2.56. The lowest BCUT2D eigenvalue weighted by Crippen LogP contribution is -2.56. The van der Waals surface area contributed by atoms with Gasteiger partial charge < -0.3 is 5.11 Å². The molecule has 3 fully saturated rings. The monoisotopic (exact) mass is 208 g/mol. The number of hydrogen-bond acceptors (Lipinski definition) is 1. The zero-order chi connectivity index (χ0) is 10.5. The molecule has 0 aromatic rings. The molecule has 0 aromatic heterocycles. The van der Waals surface area contributed by atoms with Crippen LogP contribution in [0.15, 0.2) is 0 Å². The lowest BCUT2D eigenvalue weighted by molar-refractivity contribution is -0.166. The molecular formula is C14H24O. The second kappa shape index (κ2) is 3.48. The van der Waals surface area contributed by atoms with Gasteiger partial charge in [-0.1, -0.05) is 32.6 Å². The molecule has 0 unspecified atom stereocenters. The Morgan fingerprint density at radius 1 is 1.07 bits per heavy atom. The molecule has 5 atom stereocenters. The minimum atomic E-state index is -0.255. The summed E-state index contributed by atoms with van der Waals surface area (Å²) in [7, 11) is 0. The van der Waals surface area contributed by atoms with Gasteiger partial charge in [-0.2, -0.15) is 0 Å². The SMILES string of the molecule is C[C@@H]1[C@H]2CCC[C@@H](C2)[C@@]2(O)CCCC[C@@H]12. The molecule has 1 N–H and O–H groups in total. The topological polar surface area (TPSA) is 20.2 Å². The van der Waals surface area contributed by atoms with Crippen molar-refractivity contribution in [3.8, 4) is 0 Å². The molecular weight excluding hydrogens is 184 g/mol. The second-order valence-corrected chi connectivity index (χ2v) is 6.33. The first-order chi connectivity index (χ1) is 7.22. The van der Waals surface area contributed by atoms with E-state index in [4.69, 9.17) is 0 Å². The minimum absolute atomic E-state index is 0.255. The zero-order valence-corrected chi connectivity index (χ0v) is 9.91. The van der Waals surface area contributed by atoms with Gasteiger partial charge in [0.1, 0.15) is 0 Å². The van der Waals surface area contributed by atoms with E-state index in [-0.39, 0.29) is 5.60 Å². The molecule has 1 nitrogen and oxygen atoms in total. The summed E-state index contributed by atoms with van der Waals surface area (Å²) in [6.07, 6.45) is 10.4. The Bertz CT molecular complexity index is 250. The Hall–Kier alpha value is -0.0400. The summed E-state index contributed by atoms with van der Waals surface area (Å²) in [5.41, 5.74) is -0.255. The summed E-state index contributed by atoms with van der Waals surface area (Å²) in [6.45, 7) is 2.41. The standard InChI is InChI=1S/C14H24O/c1-10-11-5-4-6-12(9-11)14(15)8-3-2-7-13(10)14/h10-13,15H,2-9H2,1H3/t10-,11+,12+,13+,14+/m1/s1. The van der Waals surface area contributed by atoms with Crippen molar-refractivity contribution in [2.45, 2.75) is 63.9 Å². The summed E-state index contributed by atoms with van der Waals surface area (Å²) in [6, 6.07) is 0. The van der Waals surface area contributed by atoms with Crippen LogP contribution in [-0.2, 0) is 0 Å². The molecule has 3 aliphatic carbocycles. The van der Waals surface area contributed by atoms with E-state index in [2.05, 4.69) is 6.92 Å². The Balaban J connectivity index is 1.91. The molecule has 15 heavy (non-hydrogen) atoms. The molecule has 0 saturated heterocycles. The first-order valence-electron chi connectivity index (χ1n) is 6.94. The number of fused-ring (bicyclic) bond motifs is 4. The van der Waals surface area contributed by atoms with E-state index in [0.29, 0.717) is 11.8 Å². The second-order valence-electron chi connectivity index (χ2n) is 6.33. The Morgan fingerprint density at radius 2 is 1.93 bits per heavy atom. The zero-order valence-electron chi connectivity index (χ0n) is 9.91. The van der Waals surface area contributed by atoms with Crippen LogP contribution in [0.4, 0.5) is 0 Å². The fraction of sp³-hybridized carbons (Fsp3) is 1.00. The van der Waals surface area contributed by atoms with Gasteiger partial charge in [-0.25, -0.2) is 0 Å². The largest absolute Gasteiger partial charge is 0.389 e. The van der Waals surface area contributed by atoms with Crippen LogP contribution in [0.3, 0.4) is 0 Å². The van der Waals surface area contributed by atoms with E-state index in [1.54, 1.807) is 0 Å². The van der Waals surface area contributed by atoms with Crippen molar-refractivity contribution in [3.63, 3.8) is 0 Å². The lowest BCUT2D eigenvalue weighted by Gasteiger charge is -2.56. The van der Waals surface area contributed by atoms with Gasteiger partial charge in [0.15, 0.2) is 0 Å². The van der Waals surface area contributed by atoms with Crippen molar-refractivity contribution in [1.29, 1.82) is 0 Å². The van der Waals surface area contributed by atoms with Crippen molar-refractivity contribution in [2.24, 2.45) is 23.7 Å². The van der Waals surface area contributed by atoms with E-state index >= 15 is 0 Å². The maximum atomic E-state index is 11.0. The van der Waals surface area contributed by atoms with Crippen LogP contribution in [0, 0.1) is 23.7 Å². The molecule has 3 rings (SSSR count). The van der Waals surface area contributed by atoms with Crippen LogP contribution in [-0.4, -0.2) is 10.7 Å². The third kappa shape index (κ3) is 1.39. The molecule has 0 radical (unpaired) electrons. The van der Waals surface area contributed by atoms with Crippen LogP contribution in [0.1, 0.15) is 58.3 Å². The van der Waals surface area contributed by atoms with Gasteiger partial charge in [-0.15, -0.1) is 0 Å². The minimum Gasteiger partial charge on any atom is -0.389 e. The molecule has 0 heterocycles. The molecule has 2 bridgehead atoms. The first kappa shape index (κ1) is 10.1. The summed E-state index contributed by atoms with van der Waals surface area (Å²) >= 11 is 0. The van der Waals surface area contributed by atoms with Crippen molar-refractivity contribution in [2.75, 3.05) is 0 Å². The van der Waals surface area contributed by atoms with Gasteiger partial charge in [0, 0.05) is 0 Å². The number of rotatable bonds is 0. The summed E-state index contributed by atoms with van der Waals surface area (Å²) in [4.78, 5) is 0. The van der Waals surface area contributed by atoms with Gasteiger partial charge >= 0.3 is 0 Å².